The molecule has 0 aliphatic heterocycles. The third-order valence-corrected chi connectivity index (χ3v) is 4.87. The van der Waals surface area contributed by atoms with Crippen LogP contribution < -0.4 is 10.6 Å². The van der Waals surface area contributed by atoms with Crippen molar-refractivity contribution in [2.24, 2.45) is 0 Å². The predicted octanol–water partition coefficient (Wildman–Crippen LogP) is 4.98. The lowest BCUT2D eigenvalue weighted by Gasteiger charge is -2.19. The second-order valence-corrected chi connectivity index (χ2v) is 7.03. The van der Waals surface area contributed by atoms with E-state index in [-0.39, 0.29) is 17.7 Å². The number of pyridine rings is 1. The third-order valence-electron chi connectivity index (χ3n) is 4.87. The Morgan fingerprint density at radius 1 is 1.03 bits per heavy atom. The van der Waals surface area contributed by atoms with Crippen molar-refractivity contribution in [3.63, 3.8) is 0 Å². The molecule has 0 radical (unpaired) electrons. The summed E-state index contributed by atoms with van der Waals surface area (Å²) in [6, 6.07) is 16.8. The van der Waals surface area contributed by atoms with E-state index in [0.717, 1.165) is 11.1 Å². The van der Waals surface area contributed by atoms with Gasteiger partial charge in [-0.25, -0.2) is 4.79 Å². The topological polar surface area (TPSA) is 101 Å². The van der Waals surface area contributed by atoms with Crippen molar-refractivity contribution in [3.8, 4) is 5.75 Å². The van der Waals surface area contributed by atoms with Crippen LogP contribution in [0.2, 0.25) is 0 Å². The van der Waals surface area contributed by atoms with E-state index in [1.165, 1.54) is 6.07 Å². The van der Waals surface area contributed by atoms with Crippen molar-refractivity contribution in [1.29, 1.82) is 0 Å². The summed E-state index contributed by atoms with van der Waals surface area (Å²) in [5.74, 6) is -0.348. The third kappa shape index (κ3) is 5.82. The van der Waals surface area contributed by atoms with Crippen molar-refractivity contribution < 1.29 is 19.4 Å². The summed E-state index contributed by atoms with van der Waals surface area (Å²) in [7, 11) is 0. The Morgan fingerprint density at radius 2 is 1.77 bits per heavy atom. The Bertz CT molecular complexity index is 1020. The van der Waals surface area contributed by atoms with Crippen LogP contribution in [0.25, 0.3) is 0 Å². The number of benzene rings is 2. The molecule has 31 heavy (non-hydrogen) atoms. The lowest BCUT2D eigenvalue weighted by Crippen LogP contribution is -2.29. The molecule has 0 spiro atoms. The van der Waals surface area contributed by atoms with Crippen LogP contribution in [0.3, 0.4) is 0 Å². The number of aromatic nitrogens is 1. The van der Waals surface area contributed by atoms with Gasteiger partial charge in [-0.2, -0.15) is 0 Å². The van der Waals surface area contributed by atoms with Crippen molar-refractivity contribution in [2.45, 2.75) is 32.4 Å². The molecule has 1 aromatic heterocycles. The molecule has 2 amide bonds. The van der Waals surface area contributed by atoms with Crippen molar-refractivity contribution in [3.05, 3.63) is 89.7 Å². The highest BCUT2D eigenvalue weighted by molar-refractivity contribution is 6.05. The first-order chi connectivity index (χ1) is 15.0. The fraction of sp³-hybridized carbons (Fsp3) is 0.208. The molecule has 7 heteroatoms. The number of hydrogen-bond acceptors (Lipinski definition) is 5. The fourth-order valence-corrected chi connectivity index (χ4v) is 3.09. The second-order valence-electron chi connectivity index (χ2n) is 7.03. The molecule has 0 unspecified atom stereocenters. The number of anilines is 1. The molecule has 0 saturated carbocycles. The number of nitrogens with one attached hydrogen (secondary N) is 2. The lowest BCUT2D eigenvalue weighted by molar-refractivity contribution is 0.101. The molecule has 0 aliphatic carbocycles. The van der Waals surface area contributed by atoms with E-state index in [4.69, 9.17) is 4.74 Å². The van der Waals surface area contributed by atoms with E-state index in [1.807, 2.05) is 19.1 Å². The van der Waals surface area contributed by atoms with Crippen LogP contribution in [0.4, 0.5) is 10.5 Å². The quantitative estimate of drug-likeness (QED) is 0.469. The minimum atomic E-state index is -0.524. The Morgan fingerprint density at radius 3 is 2.42 bits per heavy atom. The van der Waals surface area contributed by atoms with Gasteiger partial charge in [0.2, 0.25) is 0 Å². The SMILES string of the molecule is CC[C@H](NC(=O)O[C@@H](C)c1ccc(C(=O)Nc2ccccc2O)cc1)c1cccnc1. The van der Waals surface area contributed by atoms with Crippen LogP contribution in [-0.2, 0) is 4.74 Å². The number of ether oxygens (including phenoxy) is 1. The molecule has 0 aliphatic rings. The predicted molar refractivity (Wildman–Crippen MR) is 118 cm³/mol. The molecule has 1 heterocycles. The van der Waals surface area contributed by atoms with Crippen LogP contribution in [0.5, 0.6) is 5.75 Å². The number of aromatic hydroxyl groups is 1. The largest absolute Gasteiger partial charge is 0.506 e. The zero-order chi connectivity index (χ0) is 22.2. The first kappa shape index (κ1) is 21.8. The highest BCUT2D eigenvalue weighted by atomic mass is 16.6. The number of phenolic OH excluding ortho intramolecular Hbond substituents is 1. The summed E-state index contributed by atoms with van der Waals surface area (Å²) in [4.78, 5) is 28.8. The van der Waals surface area contributed by atoms with Crippen LogP contribution in [0.1, 0.15) is 53.9 Å². The van der Waals surface area contributed by atoms with E-state index >= 15 is 0 Å². The molecule has 7 nitrogen and oxygen atoms in total. The molecule has 3 N–H and O–H groups in total. The lowest BCUT2D eigenvalue weighted by atomic mass is 10.1. The minimum absolute atomic E-state index is 0.00262. The van der Waals surface area contributed by atoms with Gasteiger partial charge >= 0.3 is 6.09 Å². The number of carbonyl (C=O) groups is 2. The molecule has 2 atom stereocenters. The molecule has 3 aromatic rings. The first-order valence-electron chi connectivity index (χ1n) is 10.0. The Balaban J connectivity index is 1.58. The molecule has 2 aromatic carbocycles. The number of amides is 2. The summed E-state index contributed by atoms with van der Waals surface area (Å²) in [5, 5.41) is 15.3. The maximum absolute atomic E-state index is 12.4. The number of carbonyl (C=O) groups excluding carboxylic acids is 2. The van der Waals surface area contributed by atoms with Gasteiger partial charge in [-0.05, 0) is 54.8 Å². The van der Waals surface area contributed by atoms with E-state index < -0.39 is 12.2 Å². The Kier molecular flexibility index (Phi) is 7.22. The van der Waals surface area contributed by atoms with Gasteiger partial charge in [0, 0.05) is 18.0 Å². The van der Waals surface area contributed by atoms with Gasteiger partial charge in [0.15, 0.2) is 0 Å². The number of phenols is 1. The van der Waals surface area contributed by atoms with Gasteiger partial charge in [-0.1, -0.05) is 37.3 Å². The van der Waals surface area contributed by atoms with Crippen molar-refractivity contribution >= 4 is 17.7 Å². The summed E-state index contributed by atoms with van der Waals surface area (Å²) in [5.41, 5.74) is 2.42. The van der Waals surface area contributed by atoms with Crippen molar-refractivity contribution in [2.75, 3.05) is 5.32 Å². The standard InChI is InChI=1S/C24H25N3O4/c1-3-20(19-7-6-14-25-15-19)27-24(30)31-16(2)17-10-12-18(13-11-17)23(29)26-21-8-4-5-9-22(21)28/h4-16,20,28H,3H2,1-2H3,(H,26,29)(H,27,30)/t16-,20-/m0/s1. The zero-order valence-corrected chi connectivity index (χ0v) is 17.4. The van der Waals surface area contributed by atoms with Gasteiger partial charge in [0.05, 0.1) is 11.7 Å². The van der Waals surface area contributed by atoms with Gasteiger partial charge in [0.1, 0.15) is 11.9 Å². The van der Waals surface area contributed by atoms with Gasteiger partial charge in [0.25, 0.3) is 5.91 Å². The summed E-state index contributed by atoms with van der Waals surface area (Å²) in [6.07, 6.45) is 3.09. The average Bonchev–Trinajstić information content (AvgIpc) is 2.79. The monoisotopic (exact) mass is 419 g/mol. The smallest absolute Gasteiger partial charge is 0.408 e. The molecule has 0 saturated heterocycles. The maximum atomic E-state index is 12.4. The second kappa shape index (κ2) is 10.2. The molecule has 0 bridgehead atoms. The van der Waals surface area contributed by atoms with Crippen LogP contribution >= 0.6 is 0 Å². The molecule has 3 rings (SSSR count). The normalized spacial score (nSPS) is 12.5. The van der Waals surface area contributed by atoms with E-state index in [9.17, 15) is 14.7 Å². The van der Waals surface area contributed by atoms with Crippen LogP contribution in [0.15, 0.2) is 73.1 Å². The van der Waals surface area contributed by atoms with Gasteiger partial charge < -0.3 is 20.5 Å². The van der Waals surface area contributed by atoms with Gasteiger partial charge in [-0.15, -0.1) is 0 Å². The number of alkyl carbamates (subject to hydrolysis) is 1. The Hall–Kier alpha value is -3.87. The number of para-hydroxylation sites is 2. The van der Waals surface area contributed by atoms with Crippen molar-refractivity contribution in [1.82, 2.24) is 10.3 Å². The van der Waals surface area contributed by atoms with E-state index in [1.54, 1.807) is 61.8 Å². The summed E-state index contributed by atoms with van der Waals surface area (Å²) in [6.45, 7) is 3.74. The molecular weight excluding hydrogens is 394 g/mol. The highest BCUT2D eigenvalue weighted by Gasteiger charge is 2.17. The maximum Gasteiger partial charge on any atom is 0.408 e. The zero-order valence-electron chi connectivity index (χ0n) is 17.4. The molecule has 160 valence electrons. The number of nitrogens with zero attached hydrogens (tertiary/aromatic N) is 1. The highest BCUT2D eigenvalue weighted by Crippen LogP contribution is 2.23. The summed E-state index contributed by atoms with van der Waals surface area (Å²) < 4.78 is 5.50. The molecule has 0 fully saturated rings. The number of rotatable bonds is 7. The minimum Gasteiger partial charge on any atom is -0.506 e. The van der Waals surface area contributed by atoms with E-state index in [0.29, 0.717) is 17.7 Å². The molecular formula is C24H25N3O4. The number of hydrogen-bond donors (Lipinski definition) is 3. The van der Waals surface area contributed by atoms with Gasteiger partial charge in [-0.3, -0.25) is 9.78 Å². The fourth-order valence-electron chi connectivity index (χ4n) is 3.09. The van der Waals surface area contributed by atoms with E-state index in [2.05, 4.69) is 15.6 Å². The first-order valence-corrected chi connectivity index (χ1v) is 10.0. The van der Waals surface area contributed by atoms with Crippen LogP contribution in [0, 0.1) is 0 Å². The van der Waals surface area contributed by atoms with Crippen LogP contribution in [-0.4, -0.2) is 22.1 Å². The average molecular weight is 419 g/mol. The summed E-state index contributed by atoms with van der Waals surface area (Å²) >= 11 is 0. The Labute approximate surface area is 181 Å².